The molecule has 1 aliphatic heterocycles. The maximum atomic E-state index is 11.8. The van der Waals surface area contributed by atoms with E-state index >= 15 is 0 Å². The van der Waals surface area contributed by atoms with Crippen LogP contribution in [0.1, 0.15) is 5.56 Å². The fourth-order valence-electron chi connectivity index (χ4n) is 1.69. The normalized spacial score (nSPS) is 14.4. The first kappa shape index (κ1) is 10.1. The lowest BCUT2D eigenvalue weighted by Crippen LogP contribution is -2.33. The minimum atomic E-state index is 0.473. The number of hydrogen-bond acceptors (Lipinski definition) is 4. The van der Waals surface area contributed by atoms with Gasteiger partial charge in [0.05, 0.1) is 12.4 Å². The fraction of sp³-hybridized carbons (Fsp3) is 0.100. The Morgan fingerprint density at radius 3 is 3.06 bits per heavy atom. The first-order chi connectivity index (χ1) is 8.24. The predicted molar refractivity (Wildman–Crippen MR) is 61.3 cm³/mol. The van der Waals surface area contributed by atoms with E-state index in [1.807, 2.05) is 6.07 Å². The number of benzene rings is 1. The van der Waals surface area contributed by atoms with Gasteiger partial charge in [0, 0.05) is 16.7 Å². The van der Waals surface area contributed by atoms with Crippen molar-refractivity contribution in [2.75, 3.05) is 5.12 Å². The zero-order valence-electron chi connectivity index (χ0n) is 8.69. The van der Waals surface area contributed by atoms with Crippen molar-refractivity contribution in [3.63, 3.8) is 0 Å². The van der Waals surface area contributed by atoms with Crippen LogP contribution in [0.2, 0.25) is 5.02 Å². The zero-order valence-corrected chi connectivity index (χ0v) is 9.45. The number of aromatic nitrogens is 2. The van der Waals surface area contributed by atoms with Gasteiger partial charge >= 0.3 is 0 Å². The van der Waals surface area contributed by atoms with Crippen molar-refractivity contribution in [3.8, 4) is 0 Å². The minimum absolute atomic E-state index is 0.473. The van der Waals surface area contributed by atoms with Gasteiger partial charge < -0.3 is 5.21 Å². The van der Waals surface area contributed by atoms with Gasteiger partial charge in [-0.1, -0.05) is 16.4 Å². The van der Waals surface area contributed by atoms with Crippen LogP contribution < -0.4 is 5.12 Å². The summed E-state index contributed by atoms with van der Waals surface area (Å²) in [5.41, 5.74) is 1.33. The minimum Gasteiger partial charge on any atom is -0.691 e. The lowest BCUT2D eigenvalue weighted by atomic mass is 10.2. The van der Waals surface area contributed by atoms with E-state index in [1.54, 1.807) is 30.6 Å². The summed E-state index contributed by atoms with van der Waals surface area (Å²) >= 11 is 5.84. The molecule has 1 aromatic heterocycles. The molecular weight excluding hydrogens is 242 g/mol. The maximum absolute atomic E-state index is 11.8. The lowest BCUT2D eigenvalue weighted by Gasteiger charge is -2.20. The van der Waals surface area contributed by atoms with Crippen LogP contribution in [0.5, 0.6) is 0 Å². The maximum Gasteiger partial charge on any atom is 0.166 e. The second-order valence-electron chi connectivity index (χ2n) is 3.59. The van der Waals surface area contributed by atoms with Gasteiger partial charge in [-0.15, -0.1) is 9.96 Å². The van der Waals surface area contributed by atoms with Gasteiger partial charge in [-0.05, 0) is 23.3 Å². The van der Waals surface area contributed by atoms with Gasteiger partial charge in [-0.3, -0.25) is 0 Å². The van der Waals surface area contributed by atoms with Crippen molar-refractivity contribution in [3.05, 3.63) is 52.5 Å². The van der Waals surface area contributed by atoms with Gasteiger partial charge in [0.1, 0.15) is 5.22 Å². The van der Waals surface area contributed by atoms with Crippen molar-refractivity contribution >= 4 is 17.3 Å². The van der Waals surface area contributed by atoms with E-state index in [0.717, 1.165) is 5.56 Å². The summed E-state index contributed by atoms with van der Waals surface area (Å²) in [7, 11) is 0. The number of halogens is 1. The number of hydrogen-bond donors (Lipinski definition) is 0. The summed E-state index contributed by atoms with van der Waals surface area (Å²) in [6, 6.07) is 6.93. The first-order valence-corrected chi connectivity index (χ1v) is 5.36. The molecule has 3 rings (SSSR count). The second-order valence-corrected chi connectivity index (χ2v) is 4.03. The SMILES string of the molecule is [O-][N+]1=NN(n2cccn2)Cc2ccc(Cl)cc21. The first-order valence-electron chi connectivity index (χ1n) is 4.99. The van der Waals surface area contributed by atoms with E-state index in [1.165, 1.54) is 9.91 Å². The van der Waals surface area contributed by atoms with Crippen LogP contribution in [0.4, 0.5) is 5.69 Å². The molecule has 0 saturated heterocycles. The Hall–Kier alpha value is -2.08. The Balaban J connectivity index is 2.03. The molecule has 86 valence electrons. The quantitative estimate of drug-likeness (QED) is 0.575. The molecule has 6 nitrogen and oxygen atoms in total. The summed E-state index contributed by atoms with van der Waals surface area (Å²) < 4.78 is 0. The molecule has 1 aromatic carbocycles. The molecule has 0 radical (unpaired) electrons. The molecule has 7 heteroatoms. The highest BCUT2D eigenvalue weighted by Crippen LogP contribution is 2.27. The van der Waals surface area contributed by atoms with Crippen molar-refractivity contribution < 1.29 is 4.86 Å². The van der Waals surface area contributed by atoms with Gasteiger partial charge in [0.2, 0.25) is 0 Å². The van der Waals surface area contributed by atoms with Crippen molar-refractivity contribution in [2.24, 2.45) is 5.22 Å². The number of fused-ring (bicyclic) bond motifs is 1. The standard InChI is InChI=1S/C10H8ClN5O/c11-9-3-2-8-7-15(14-5-1-4-12-14)13-16(17)10(8)6-9/h1-6H,7H2. The molecule has 0 saturated carbocycles. The number of rotatable bonds is 1. The highest BCUT2D eigenvalue weighted by molar-refractivity contribution is 6.30. The van der Waals surface area contributed by atoms with Crippen molar-refractivity contribution in [1.82, 2.24) is 9.89 Å². The molecule has 0 amide bonds. The molecule has 1 aliphatic rings. The smallest absolute Gasteiger partial charge is 0.166 e. The predicted octanol–water partition coefficient (Wildman–Crippen LogP) is 2.20. The van der Waals surface area contributed by atoms with E-state index in [0.29, 0.717) is 22.1 Å². The van der Waals surface area contributed by atoms with E-state index in [4.69, 9.17) is 11.6 Å². The highest BCUT2D eigenvalue weighted by atomic mass is 35.5. The molecule has 2 heterocycles. The Bertz CT molecular complexity index is 580. The van der Waals surface area contributed by atoms with Crippen LogP contribution in [0.25, 0.3) is 0 Å². The van der Waals surface area contributed by atoms with Crippen LogP contribution >= 0.6 is 11.6 Å². The monoisotopic (exact) mass is 249 g/mol. The molecule has 0 atom stereocenters. The summed E-state index contributed by atoms with van der Waals surface area (Å²) in [5, 5.41) is 21.6. The third-order valence-electron chi connectivity index (χ3n) is 2.48. The summed E-state index contributed by atoms with van der Waals surface area (Å²) in [4.78, 5) is 2.05. The van der Waals surface area contributed by atoms with E-state index in [2.05, 4.69) is 10.3 Å². The average Bonchev–Trinajstić information content (AvgIpc) is 2.83. The molecule has 0 N–H and O–H groups in total. The largest absolute Gasteiger partial charge is 0.691 e. The van der Waals surface area contributed by atoms with Crippen molar-refractivity contribution in [2.45, 2.75) is 6.54 Å². The van der Waals surface area contributed by atoms with Crippen LogP contribution in [0, 0.1) is 5.21 Å². The molecule has 0 spiro atoms. The molecule has 0 aliphatic carbocycles. The van der Waals surface area contributed by atoms with Crippen molar-refractivity contribution in [1.29, 1.82) is 0 Å². The van der Waals surface area contributed by atoms with Crippen LogP contribution in [-0.4, -0.2) is 14.8 Å². The third-order valence-corrected chi connectivity index (χ3v) is 2.71. The third kappa shape index (κ3) is 1.72. The molecule has 0 fully saturated rings. The Labute approximate surface area is 102 Å². The second kappa shape index (κ2) is 3.74. The van der Waals surface area contributed by atoms with E-state index in [-0.39, 0.29) is 0 Å². The van der Waals surface area contributed by atoms with Crippen LogP contribution in [-0.2, 0) is 6.54 Å². The molecule has 0 unspecified atom stereocenters. The highest BCUT2D eigenvalue weighted by Gasteiger charge is 2.24. The lowest BCUT2D eigenvalue weighted by molar-refractivity contribution is -0.450. The van der Waals surface area contributed by atoms with Crippen LogP contribution in [0.15, 0.2) is 41.9 Å². The Morgan fingerprint density at radius 2 is 2.29 bits per heavy atom. The molecule has 2 aromatic rings. The summed E-state index contributed by atoms with van der Waals surface area (Å²) in [5.74, 6) is 0. The van der Waals surface area contributed by atoms with Crippen LogP contribution in [0.3, 0.4) is 0 Å². The Morgan fingerprint density at radius 1 is 1.41 bits per heavy atom. The number of nitrogens with zero attached hydrogens (tertiary/aromatic N) is 5. The molecule has 17 heavy (non-hydrogen) atoms. The summed E-state index contributed by atoms with van der Waals surface area (Å²) in [6.45, 7) is 0.479. The topological polar surface area (TPSA) is 59.5 Å². The molecule has 0 bridgehead atoms. The Kier molecular flexibility index (Phi) is 2.22. The van der Waals surface area contributed by atoms with E-state index in [9.17, 15) is 5.21 Å². The van der Waals surface area contributed by atoms with Gasteiger partial charge in [-0.25, -0.2) is 0 Å². The van der Waals surface area contributed by atoms with Gasteiger partial charge in [-0.2, -0.15) is 0 Å². The summed E-state index contributed by atoms with van der Waals surface area (Å²) in [6.07, 6.45) is 3.35. The van der Waals surface area contributed by atoms with Gasteiger partial charge in [0.15, 0.2) is 12.2 Å². The zero-order chi connectivity index (χ0) is 11.8. The average molecular weight is 250 g/mol. The molecular formula is C10H8ClN5O. The van der Waals surface area contributed by atoms with E-state index < -0.39 is 0 Å². The fourth-order valence-corrected chi connectivity index (χ4v) is 1.85. The van der Waals surface area contributed by atoms with Gasteiger partial charge in [0.25, 0.3) is 0 Å².